The number of hydrogen-bond acceptors (Lipinski definition) is 3. The Bertz CT molecular complexity index is 265. The minimum atomic E-state index is 0.722. The maximum atomic E-state index is 3.50. The summed E-state index contributed by atoms with van der Waals surface area (Å²) in [5.41, 5.74) is 1.51. The molecule has 1 nitrogen and oxygen atoms in total. The van der Waals surface area contributed by atoms with Gasteiger partial charge in [-0.15, -0.1) is 0 Å². The van der Waals surface area contributed by atoms with E-state index in [9.17, 15) is 0 Å². The molecule has 0 aromatic carbocycles. The molecule has 0 bridgehead atoms. The average Bonchev–Trinajstić information content (AvgIpc) is 2.90. The van der Waals surface area contributed by atoms with Crippen molar-refractivity contribution in [2.24, 2.45) is 5.92 Å². The number of nitrogens with one attached hydrogen (secondary N) is 1. The molecule has 15 heavy (non-hydrogen) atoms. The smallest absolute Gasteiger partial charge is 0.0104 e. The number of thiophene rings is 1. The van der Waals surface area contributed by atoms with Gasteiger partial charge >= 0.3 is 0 Å². The predicted octanol–water partition coefficient (Wildman–Crippen LogP) is 3.02. The Balaban J connectivity index is 1.80. The van der Waals surface area contributed by atoms with Gasteiger partial charge in [-0.1, -0.05) is 0 Å². The second kappa shape index (κ2) is 5.92. The molecule has 1 aromatic rings. The maximum Gasteiger partial charge on any atom is 0.0104 e. The van der Waals surface area contributed by atoms with E-state index in [4.69, 9.17) is 0 Å². The fourth-order valence-electron chi connectivity index (χ4n) is 2.24. The maximum absolute atomic E-state index is 3.50. The van der Waals surface area contributed by atoms with Gasteiger partial charge < -0.3 is 5.32 Å². The topological polar surface area (TPSA) is 12.0 Å². The predicted molar refractivity (Wildman–Crippen MR) is 70.9 cm³/mol. The first-order valence-corrected chi connectivity index (χ1v) is 7.76. The highest BCUT2D eigenvalue weighted by atomic mass is 32.2. The molecule has 2 rings (SSSR count). The fraction of sp³-hybridized carbons (Fsp3) is 0.667. The molecule has 1 fully saturated rings. The van der Waals surface area contributed by atoms with Crippen LogP contribution in [0.3, 0.4) is 0 Å². The van der Waals surface area contributed by atoms with E-state index in [1.54, 1.807) is 11.3 Å². The highest BCUT2D eigenvalue weighted by Crippen LogP contribution is 2.28. The van der Waals surface area contributed by atoms with Gasteiger partial charge in [-0.05, 0) is 66.1 Å². The molecule has 1 aliphatic rings. The van der Waals surface area contributed by atoms with Crippen LogP contribution in [-0.4, -0.2) is 24.6 Å². The average molecular weight is 241 g/mol. The molecule has 2 unspecified atom stereocenters. The van der Waals surface area contributed by atoms with Crippen molar-refractivity contribution >= 4 is 23.1 Å². The zero-order valence-corrected chi connectivity index (χ0v) is 10.9. The zero-order chi connectivity index (χ0) is 10.5. The van der Waals surface area contributed by atoms with Crippen molar-refractivity contribution in [1.29, 1.82) is 0 Å². The molecular formula is C12H19NS2. The van der Waals surface area contributed by atoms with Gasteiger partial charge in [0.15, 0.2) is 0 Å². The molecule has 1 saturated heterocycles. The lowest BCUT2D eigenvalue weighted by Gasteiger charge is -2.22. The third-order valence-electron chi connectivity index (χ3n) is 3.23. The zero-order valence-electron chi connectivity index (χ0n) is 9.24. The lowest BCUT2D eigenvalue weighted by Crippen LogP contribution is -2.34. The van der Waals surface area contributed by atoms with Crippen LogP contribution in [-0.2, 0) is 6.42 Å². The van der Waals surface area contributed by atoms with Crippen LogP contribution in [0.15, 0.2) is 16.8 Å². The molecule has 2 heterocycles. The van der Waals surface area contributed by atoms with Crippen molar-refractivity contribution in [2.45, 2.75) is 25.3 Å². The summed E-state index contributed by atoms with van der Waals surface area (Å²) in [6.07, 6.45) is 3.93. The quantitative estimate of drug-likeness (QED) is 0.850. The molecule has 0 amide bonds. The van der Waals surface area contributed by atoms with Crippen LogP contribution >= 0.6 is 23.1 Å². The Morgan fingerprint density at radius 2 is 2.53 bits per heavy atom. The second-order valence-corrected chi connectivity index (χ2v) is 6.12. The fourth-order valence-corrected chi connectivity index (χ4v) is 4.28. The van der Waals surface area contributed by atoms with Crippen LogP contribution in [0.25, 0.3) is 0 Å². The van der Waals surface area contributed by atoms with Gasteiger partial charge in [0.25, 0.3) is 0 Å². The molecule has 2 atom stereocenters. The lowest BCUT2D eigenvalue weighted by molar-refractivity contribution is 0.385. The third kappa shape index (κ3) is 3.23. The van der Waals surface area contributed by atoms with Crippen LogP contribution in [0.1, 0.15) is 18.4 Å². The summed E-state index contributed by atoms with van der Waals surface area (Å²) in [5.74, 6) is 3.62. The second-order valence-electron chi connectivity index (χ2n) is 4.19. The summed E-state index contributed by atoms with van der Waals surface area (Å²) >= 11 is 3.92. The van der Waals surface area contributed by atoms with Gasteiger partial charge in [-0.2, -0.15) is 23.1 Å². The minimum absolute atomic E-state index is 0.722. The third-order valence-corrected chi connectivity index (χ3v) is 5.15. The largest absolute Gasteiger partial charge is 0.317 e. The number of thioether (sulfide) groups is 1. The first kappa shape index (κ1) is 11.5. The Morgan fingerprint density at radius 1 is 1.60 bits per heavy atom. The summed E-state index contributed by atoms with van der Waals surface area (Å²) in [6, 6.07) is 2.97. The van der Waals surface area contributed by atoms with Crippen molar-refractivity contribution in [1.82, 2.24) is 5.32 Å². The van der Waals surface area contributed by atoms with Gasteiger partial charge in [-0.3, -0.25) is 0 Å². The monoisotopic (exact) mass is 241 g/mol. The molecule has 0 spiro atoms. The molecule has 1 aromatic heterocycles. The summed E-state index contributed by atoms with van der Waals surface area (Å²) in [4.78, 5) is 0. The summed E-state index contributed by atoms with van der Waals surface area (Å²) in [5, 5.41) is 7.95. The molecule has 1 aliphatic heterocycles. The van der Waals surface area contributed by atoms with Crippen LogP contribution in [0.2, 0.25) is 0 Å². The highest BCUT2D eigenvalue weighted by molar-refractivity contribution is 7.99. The first-order valence-electron chi connectivity index (χ1n) is 5.66. The van der Waals surface area contributed by atoms with E-state index in [0.717, 1.165) is 12.0 Å². The molecule has 0 aliphatic carbocycles. The van der Waals surface area contributed by atoms with Gasteiger partial charge in [0.05, 0.1) is 0 Å². The van der Waals surface area contributed by atoms with Gasteiger partial charge in [-0.25, -0.2) is 0 Å². The van der Waals surface area contributed by atoms with Crippen molar-refractivity contribution < 1.29 is 0 Å². The molecule has 0 saturated carbocycles. The summed E-state index contributed by atoms with van der Waals surface area (Å²) in [6.45, 7) is 0. The van der Waals surface area contributed by atoms with Crippen LogP contribution in [0.4, 0.5) is 0 Å². The molecule has 1 N–H and O–H groups in total. The molecule has 0 radical (unpaired) electrons. The van der Waals surface area contributed by atoms with E-state index in [1.165, 1.54) is 36.3 Å². The number of rotatable bonds is 5. The van der Waals surface area contributed by atoms with E-state index >= 15 is 0 Å². The Labute approximate surface area is 101 Å². The van der Waals surface area contributed by atoms with Crippen LogP contribution in [0.5, 0.6) is 0 Å². The Kier molecular flexibility index (Phi) is 4.54. The van der Waals surface area contributed by atoms with Crippen molar-refractivity contribution in [3.05, 3.63) is 22.4 Å². The molecule has 84 valence electrons. The highest BCUT2D eigenvalue weighted by Gasteiger charge is 2.23. The lowest BCUT2D eigenvalue weighted by atomic mass is 9.94. The minimum Gasteiger partial charge on any atom is -0.317 e. The van der Waals surface area contributed by atoms with Gasteiger partial charge in [0.1, 0.15) is 0 Å². The van der Waals surface area contributed by atoms with Crippen LogP contribution in [0, 0.1) is 5.92 Å². The van der Waals surface area contributed by atoms with E-state index in [0.29, 0.717) is 0 Å². The number of aryl methyl sites for hydroxylation is 1. The normalized spacial score (nSPS) is 23.1. The van der Waals surface area contributed by atoms with E-state index in [2.05, 4.69) is 41.0 Å². The Morgan fingerprint density at radius 3 is 3.13 bits per heavy atom. The van der Waals surface area contributed by atoms with E-state index in [-0.39, 0.29) is 0 Å². The van der Waals surface area contributed by atoms with Crippen molar-refractivity contribution in [3.63, 3.8) is 0 Å². The SMILES string of the molecule is CNC(CCc1ccsc1)C1CCSC1. The van der Waals surface area contributed by atoms with Crippen LogP contribution < -0.4 is 5.32 Å². The molecule has 3 heteroatoms. The van der Waals surface area contributed by atoms with Crippen molar-refractivity contribution in [2.75, 3.05) is 18.6 Å². The van der Waals surface area contributed by atoms with E-state index < -0.39 is 0 Å². The van der Waals surface area contributed by atoms with Gasteiger partial charge in [0.2, 0.25) is 0 Å². The summed E-state index contributed by atoms with van der Waals surface area (Å²) in [7, 11) is 2.11. The summed E-state index contributed by atoms with van der Waals surface area (Å²) < 4.78 is 0. The number of hydrogen-bond donors (Lipinski definition) is 1. The standard InChI is InChI=1S/C12H19NS2/c1-13-12(11-5-7-15-9-11)3-2-10-4-6-14-8-10/h4,6,8,11-13H,2-3,5,7,9H2,1H3. The first-order chi connectivity index (χ1) is 7.40. The van der Waals surface area contributed by atoms with E-state index in [1.807, 2.05) is 0 Å². The molecular weight excluding hydrogens is 222 g/mol. The van der Waals surface area contributed by atoms with Crippen molar-refractivity contribution in [3.8, 4) is 0 Å². The van der Waals surface area contributed by atoms with Gasteiger partial charge in [0, 0.05) is 6.04 Å². The Hall–Kier alpha value is 0.01000.